The number of cyclic esters (lactones) is 2. The molecule has 2 heterocycles. The number of hydrogen-bond acceptors (Lipinski definition) is 8. The number of benzene rings is 2. The molecule has 0 amide bonds. The van der Waals surface area contributed by atoms with E-state index >= 15 is 0 Å². The summed E-state index contributed by atoms with van der Waals surface area (Å²) in [5, 5.41) is 0. The monoisotopic (exact) mass is 460 g/mol. The second kappa shape index (κ2) is 8.44. The Morgan fingerprint density at radius 2 is 0.971 bits per heavy atom. The van der Waals surface area contributed by atoms with Crippen LogP contribution in [0.5, 0.6) is 0 Å². The molecular formula is C26H28N4O4. The highest BCUT2D eigenvalue weighted by Crippen LogP contribution is 2.42. The van der Waals surface area contributed by atoms with Crippen molar-refractivity contribution in [3.05, 3.63) is 71.1 Å². The Bertz CT molecular complexity index is 1100. The van der Waals surface area contributed by atoms with Crippen LogP contribution in [-0.2, 0) is 19.1 Å². The van der Waals surface area contributed by atoms with Crippen LogP contribution in [0.15, 0.2) is 71.1 Å². The van der Waals surface area contributed by atoms with Crippen molar-refractivity contribution in [2.75, 3.05) is 61.3 Å². The standard InChI is InChI=1S/C26H28N4O4/c1-27(2)17-5-9-19(10-6-17)29-15-33-25(31)21-14-24-22(13-23(21)29)26(32)34-16-30(24)20-11-7-18(8-12-20)28(3)4/h5-12H,13-16H2,1-4H3. The van der Waals surface area contributed by atoms with Crippen molar-refractivity contribution >= 4 is 34.7 Å². The molecule has 1 aliphatic carbocycles. The van der Waals surface area contributed by atoms with Gasteiger partial charge in [0.1, 0.15) is 0 Å². The Morgan fingerprint density at radius 1 is 0.618 bits per heavy atom. The van der Waals surface area contributed by atoms with Crippen LogP contribution in [-0.4, -0.2) is 53.6 Å². The molecule has 34 heavy (non-hydrogen) atoms. The van der Waals surface area contributed by atoms with Crippen molar-refractivity contribution in [2.45, 2.75) is 12.8 Å². The lowest BCUT2D eigenvalue weighted by Crippen LogP contribution is -2.42. The minimum Gasteiger partial charge on any atom is -0.440 e. The van der Waals surface area contributed by atoms with Gasteiger partial charge in [-0.1, -0.05) is 0 Å². The lowest BCUT2D eigenvalue weighted by atomic mass is 9.89. The number of anilines is 4. The molecule has 0 unspecified atom stereocenters. The Balaban J connectivity index is 1.49. The van der Waals surface area contributed by atoms with Gasteiger partial charge in [-0.3, -0.25) is 0 Å². The molecule has 0 bridgehead atoms. The smallest absolute Gasteiger partial charge is 0.337 e. The fourth-order valence-electron chi connectivity index (χ4n) is 4.55. The molecule has 0 saturated heterocycles. The Kier molecular flexibility index (Phi) is 5.43. The van der Waals surface area contributed by atoms with Crippen LogP contribution in [0.4, 0.5) is 22.7 Å². The lowest BCUT2D eigenvalue weighted by molar-refractivity contribution is -0.142. The van der Waals surface area contributed by atoms with E-state index in [4.69, 9.17) is 9.47 Å². The van der Waals surface area contributed by atoms with Crippen LogP contribution in [0, 0.1) is 0 Å². The molecule has 0 saturated carbocycles. The van der Waals surface area contributed by atoms with Crippen LogP contribution in [0.25, 0.3) is 0 Å². The molecular weight excluding hydrogens is 432 g/mol. The third-order valence-corrected chi connectivity index (χ3v) is 6.53. The van der Waals surface area contributed by atoms with Gasteiger partial charge in [-0.15, -0.1) is 0 Å². The van der Waals surface area contributed by atoms with Crippen molar-refractivity contribution in [2.24, 2.45) is 0 Å². The van der Waals surface area contributed by atoms with E-state index in [0.717, 1.165) is 34.1 Å². The van der Waals surface area contributed by atoms with Crippen molar-refractivity contribution in [3.63, 3.8) is 0 Å². The van der Waals surface area contributed by atoms with E-state index in [-0.39, 0.29) is 25.4 Å². The molecule has 3 aliphatic rings. The molecule has 0 N–H and O–H groups in total. The number of ether oxygens (including phenoxy) is 2. The zero-order valence-corrected chi connectivity index (χ0v) is 19.9. The quantitative estimate of drug-likeness (QED) is 0.643. The maximum atomic E-state index is 12.8. The van der Waals surface area contributed by atoms with Crippen molar-refractivity contribution in [1.29, 1.82) is 0 Å². The van der Waals surface area contributed by atoms with E-state index in [1.807, 2.05) is 96.3 Å². The molecule has 0 atom stereocenters. The summed E-state index contributed by atoms with van der Waals surface area (Å²) in [6, 6.07) is 16.1. The third-order valence-electron chi connectivity index (χ3n) is 6.53. The first-order chi connectivity index (χ1) is 16.3. The second-order valence-electron chi connectivity index (χ2n) is 9.00. The summed E-state index contributed by atoms with van der Waals surface area (Å²) in [5.41, 5.74) is 6.76. The number of nitrogens with zero attached hydrogens (tertiary/aromatic N) is 4. The molecule has 0 radical (unpaired) electrons. The number of carbonyl (C=O) groups is 2. The zero-order valence-electron chi connectivity index (χ0n) is 19.9. The van der Waals surface area contributed by atoms with Gasteiger partial charge in [-0.25, -0.2) is 9.59 Å². The molecule has 2 aromatic carbocycles. The summed E-state index contributed by atoms with van der Waals surface area (Å²) < 4.78 is 11.1. The molecule has 0 spiro atoms. The van der Waals surface area contributed by atoms with Gasteiger partial charge in [0, 0.05) is 75.2 Å². The molecule has 2 aromatic rings. The average Bonchev–Trinajstić information content (AvgIpc) is 2.84. The van der Waals surface area contributed by atoms with E-state index in [1.165, 1.54) is 0 Å². The zero-order chi connectivity index (χ0) is 24.0. The minimum atomic E-state index is -0.329. The molecule has 176 valence electrons. The molecule has 0 fully saturated rings. The Morgan fingerprint density at radius 3 is 1.29 bits per heavy atom. The topological polar surface area (TPSA) is 65.6 Å². The van der Waals surface area contributed by atoms with E-state index in [0.29, 0.717) is 24.0 Å². The summed E-state index contributed by atoms with van der Waals surface area (Å²) in [5.74, 6) is -0.658. The Labute approximate surface area is 199 Å². The first kappa shape index (κ1) is 21.9. The molecule has 2 aliphatic heterocycles. The molecule has 0 aromatic heterocycles. The molecule has 8 nitrogen and oxygen atoms in total. The summed E-state index contributed by atoms with van der Waals surface area (Å²) in [6.45, 7) is 0.235. The lowest BCUT2D eigenvalue weighted by Gasteiger charge is -2.40. The number of hydrogen-bond donors (Lipinski definition) is 0. The predicted molar refractivity (Wildman–Crippen MR) is 132 cm³/mol. The van der Waals surface area contributed by atoms with E-state index in [1.54, 1.807) is 0 Å². The van der Waals surface area contributed by atoms with Gasteiger partial charge >= 0.3 is 11.9 Å². The average molecular weight is 461 g/mol. The third kappa shape index (κ3) is 3.75. The highest BCUT2D eigenvalue weighted by Gasteiger charge is 2.39. The predicted octanol–water partition coefficient (Wildman–Crippen LogP) is 3.46. The van der Waals surface area contributed by atoms with Crippen molar-refractivity contribution < 1.29 is 19.1 Å². The number of esters is 2. The van der Waals surface area contributed by atoms with Gasteiger partial charge in [0.15, 0.2) is 13.5 Å². The molecule has 8 heteroatoms. The van der Waals surface area contributed by atoms with Gasteiger partial charge in [0.2, 0.25) is 0 Å². The van der Waals surface area contributed by atoms with Crippen LogP contribution in [0.1, 0.15) is 12.8 Å². The maximum Gasteiger partial charge on any atom is 0.337 e. The van der Waals surface area contributed by atoms with Crippen LogP contribution < -0.4 is 19.6 Å². The number of rotatable bonds is 4. The highest BCUT2D eigenvalue weighted by atomic mass is 16.6. The van der Waals surface area contributed by atoms with Crippen LogP contribution in [0.3, 0.4) is 0 Å². The number of allylic oxidation sites excluding steroid dienone is 2. The minimum absolute atomic E-state index is 0.117. The fraction of sp³-hybridized carbons (Fsp3) is 0.308. The van der Waals surface area contributed by atoms with Gasteiger partial charge in [0.05, 0.1) is 11.1 Å². The summed E-state index contributed by atoms with van der Waals surface area (Å²) >= 11 is 0. The van der Waals surface area contributed by atoms with Gasteiger partial charge in [0.25, 0.3) is 0 Å². The van der Waals surface area contributed by atoms with Gasteiger partial charge in [-0.05, 0) is 48.5 Å². The van der Waals surface area contributed by atoms with E-state index in [9.17, 15) is 9.59 Å². The normalized spacial score (nSPS) is 17.8. The second-order valence-corrected chi connectivity index (χ2v) is 9.00. The fourth-order valence-corrected chi connectivity index (χ4v) is 4.55. The van der Waals surface area contributed by atoms with Gasteiger partial charge < -0.3 is 29.1 Å². The SMILES string of the molecule is CN(C)c1ccc(N2COC(=O)C3=C2CC2=C(C3)N(c3ccc(N(C)C)cc3)COC2=O)cc1. The van der Waals surface area contributed by atoms with E-state index in [2.05, 4.69) is 0 Å². The largest absolute Gasteiger partial charge is 0.440 e. The first-order valence-corrected chi connectivity index (χ1v) is 11.2. The van der Waals surface area contributed by atoms with Crippen molar-refractivity contribution in [1.82, 2.24) is 0 Å². The summed E-state index contributed by atoms with van der Waals surface area (Å²) in [7, 11) is 7.95. The van der Waals surface area contributed by atoms with Gasteiger partial charge in [-0.2, -0.15) is 0 Å². The highest BCUT2D eigenvalue weighted by molar-refractivity contribution is 5.98. The van der Waals surface area contributed by atoms with Crippen LogP contribution in [0.2, 0.25) is 0 Å². The molecule has 5 rings (SSSR count). The summed E-state index contributed by atoms with van der Waals surface area (Å²) in [6.07, 6.45) is 0.640. The summed E-state index contributed by atoms with van der Waals surface area (Å²) in [4.78, 5) is 33.6. The van der Waals surface area contributed by atoms with Crippen molar-refractivity contribution in [3.8, 4) is 0 Å². The maximum absolute atomic E-state index is 12.8. The van der Waals surface area contributed by atoms with Crippen LogP contribution >= 0.6 is 0 Å². The first-order valence-electron chi connectivity index (χ1n) is 11.2. The number of carbonyl (C=O) groups excluding carboxylic acids is 2. The van der Waals surface area contributed by atoms with E-state index < -0.39 is 0 Å². The Hall–Kier alpha value is -3.94.